The van der Waals surface area contributed by atoms with E-state index in [1.807, 2.05) is 6.92 Å². The van der Waals surface area contributed by atoms with Crippen LogP contribution >= 0.6 is 0 Å². The second-order valence-corrected chi connectivity index (χ2v) is 4.73. The standard InChI is InChI=1S/C11H11F3N2O.CO2/c1-2-3-16-8-7(5-4-6(5)9(8)17)10(15-16)11(12,13)14;2-1-3/h5-6H,2-4H2,1H3;. The number of halogens is 3. The Hall–Kier alpha value is -1.95. The van der Waals surface area contributed by atoms with Gasteiger partial charge in [-0.1, -0.05) is 6.92 Å². The van der Waals surface area contributed by atoms with Crippen LogP contribution in [-0.2, 0) is 22.3 Å². The Morgan fingerprint density at radius 1 is 1.35 bits per heavy atom. The lowest BCUT2D eigenvalue weighted by atomic mass is 10.1. The summed E-state index contributed by atoms with van der Waals surface area (Å²) in [6, 6.07) is 0. The van der Waals surface area contributed by atoms with Crippen molar-refractivity contribution < 1.29 is 27.6 Å². The highest BCUT2D eigenvalue weighted by Crippen LogP contribution is 2.58. The Bertz CT molecular complexity index is 586. The molecule has 0 saturated heterocycles. The number of rotatable bonds is 2. The van der Waals surface area contributed by atoms with E-state index in [4.69, 9.17) is 9.59 Å². The first kappa shape index (κ1) is 14.5. The van der Waals surface area contributed by atoms with Crippen LogP contribution in [0.1, 0.15) is 47.4 Å². The van der Waals surface area contributed by atoms with E-state index in [1.54, 1.807) is 0 Å². The van der Waals surface area contributed by atoms with E-state index in [1.165, 1.54) is 4.68 Å². The molecule has 3 rings (SSSR count). The molecular weight excluding hydrogens is 277 g/mol. The molecule has 1 heterocycles. The third-order valence-corrected chi connectivity index (χ3v) is 3.42. The van der Waals surface area contributed by atoms with Crippen LogP contribution in [0.15, 0.2) is 0 Å². The van der Waals surface area contributed by atoms with E-state index < -0.39 is 11.9 Å². The average molecular weight is 288 g/mol. The van der Waals surface area contributed by atoms with Gasteiger partial charge in [-0.2, -0.15) is 27.9 Å². The van der Waals surface area contributed by atoms with Crippen LogP contribution in [-0.4, -0.2) is 21.7 Å². The molecule has 0 N–H and O–H groups in total. The molecule has 2 aliphatic carbocycles. The van der Waals surface area contributed by atoms with Crippen LogP contribution in [0.5, 0.6) is 0 Å². The average Bonchev–Trinajstić information content (AvgIpc) is 2.95. The molecule has 1 aromatic rings. The smallest absolute Gasteiger partial charge is 0.292 e. The molecule has 1 aromatic heterocycles. The van der Waals surface area contributed by atoms with Gasteiger partial charge >= 0.3 is 12.3 Å². The molecule has 0 aliphatic heterocycles. The normalized spacial score (nSPS) is 22.5. The largest absolute Gasteiger partial charge is 0.435 e. The first-order valence-electron chi connectivity index (χ1n) is 6.08. The predicted molar refractivity (Wildman–Crippen MR) is 57.7 cm³/mol. The molecular formula is C12H11F3N2O3. The summed E-state index contributed by atoms with van der Waals surface area (Å²) in [5.74, 6) is -0.576. The highest BCUT2D eigenvalue weighted by atomic mass is 19.4. The molecule has 5 nitrogen and oxygen atoms in total. The van der Waals surface area contributed by atoms with Crippen molar-refractivity contribution in [2.45, 2.75) is 38.4 Å². The van der Waals surface area contributed by atoms with E-state index in [2.05, 4.69) is 5.10 Å². The number of carbonyl (C=O) groups excluding carboxylic acids is 3. The zero-order valence-electron chi connectivity index (χ0n) is 10.5. The molecule has 0 aromatic carbocycles. The number of Topliss-reactive ketones (excluding diaryl/α,β-unsaturated/α-hetero) is 1. The van der Waals surface area contributed by atoms with Gasteiger partial charge in [0.25, 0.3) is 0 Å². The van der Waals surface area contributed by atoms with Gasteiger partial charge in [0.15, 0.2) is 11.5 Å². The highest BCUT2D eigenvalue weighted by molar-refractivity contribution is 6.05. The molecule has 1 saturated carbocycles. The summed E-state index contributed by atoms with van der Waals surface area (Å²) in [5, 5.41) is 3.59. The van der Waals surface area contributed by atoms with Crippen molar-refractivity contribution in [3.05, 3.63) is 17.0 Å². The van der Waals surface area contributed by atoms with Crippen LogP contribution in [0, 0.1) is 5.92 Å². The van der Waals surface area contributed by atoms with Crippen molar-refractivity contribution in [2.75, 3.05) is 0 Å². The van der Waals surface area contributed by atoms with Crippen molar-refractivity contribution in [3.63, 3.8) is 0 Å². The maximum absolute atomic E-state index is 12.8. The van der Waals surface area contributed by atoms with Gasteiger partial charge in [0, 0.05) is 18.0 Å². The molecule has 0 amide bonds. The van der Waals surface area contributed by atoms with Crippen LogP contribution < -0.4 is 0 Å². The summed E-state index contributed by atoms with van der Waals surface area (Å²) in [4.78, 5) is 28.1. The molecule has 0 radical (unpaired) electrons. The summed E-state index contributed by atoms with van der Waals surface area (Å²) < 4.78 is 39.7. The van der Waals surface area contributed by atoms with Crippen LogP contribution in [0.25, 0.3) is 0 Å². The lowest BCUT2D eigenvalue weighted by Gasteiger charge is -2.04. The number of alkyl halides is 3. The van der Waals surface area contributed by atoms with Crippen molar-refractivity contribution in [2.24, 2.45) is 5.92 Å². The molecule has 0 spiro atoms. The van der Waals surface area contributed by atoms with Crippen molar-refractivity contribution in [1.82, 2.24) is 9.78 Å². The SMILES string of the molecule is CCCn1nc(C(F)(F)F)c2c1C(=O)C1CC21.O=C=O. The lowest BCUT2D eigenvalue weighted by molar-refractivity contribution is -0.191. The number of nitrogens with zero attached hydrogens (tertiary/aromatic N) is 2. The quantitative estimate of drug-likeness (QED) is 0.835. The van der Waals surface area contributed by atoms with Gasteiger partial charge in [-0.15, -0.1) is 0 Å². The molecule has 8 heteroatoms. The summed E-state index contributed by atoms with van der Waals surface area (Å²) in [5.41, 5.74) is -0.485. The number of hydrogen-bond donors (Lipinski definition) is 0. The van der Waals surface area contributed by atoms with Gasteiger partial charge in [-0.3, -0.25) is 9.48 Å². The maximum atomic E-state index is 12.8. The zero-order valence-corrected chi connectivity index (χ0v) is 10.5. The first-order chi connectivity index (χ1) is 9.36. The summed E-state index contributed by atoms with van der Waals surface area (Å²) in [6.45, 7) is 2.21. The second kappa shape index (κ2) is 4.86. The van der Waals surface area contributed by atoms with E-state index in [0.29, 0.717) is 19.4 Å². The Morgan fingerprint density at radius 2 is 1.95 bits per heavy atom. The number of hydrogen-bond acceptors (Lipinski definition) is 4. The van der Waals surface area contributed by atoms with Gasteiger partial charge in [0.1, 0.15) is 5.69 Å². The second-order valence-electron chi connectivity index (χ2n) is 4.73. The maximum Gasteiger partial charge on any atom is 0.435 e. The third kappa shape index (κ3) is 2.16. The zero-order chi connectivity index (χ0) is 15.1. The Kier molecular flexibility index (Phi) is 3.52. The van der Waals surface area contributed by atoms with E-state index in [0.717, 1.165) is 0 Å². The van der Waals surface area contributed by atoms with E-state index in [9.17, 15) is 18.0 Å². The van der Waals surface area contributed by atoms with Crippen LogP contribution in [0.4, 0.5) is 13.2 Å². The fourth-order valence-electron chi connectivity index (χ4n) is 2.65. The minimum atomic E-state index is -4.46. The number of aryl methyl sites for hydroxylation is 1. The molecule has 2 atom stereocenters. The molecule has 20 heavy (non-hydrogen) atoms. The summed E-state index contributed by atoms with van der Waals surface area (Å²) in [7, 11) is 0. The Morgan fingerprint density at radius 3 is 2.45 bits per heavy atom. The van der Waals surface area contributed by atoms with Crippen molar-refractivity contribution in [1.29, 1.82) is 0 Å². The van der Waals surface area contributed by atoms with Gasteiger partial charge < -0.3 is 0 Å². The van der Waals surface area contributed by atoms with E-state index >= 15 is 0 Å². The summed E-state index contributed by atoms with van der Waals surface area (Å²) >= 11 is 0. The monoisotopic (exact) mass is 288 g/mol. The van der Waals surface area contributed by atoms with Gasteiger partial charge in [0.2, 0.25) is 0 Å². The molecule has 2 aliphatic rings. The Labute approximate surface area is 111 Å². The molecule has 2 unspecified atom stereocenters. The minimum Gasteiger partial charge on any atom is -0.292 e. The molecule has 1 fully saturated rings. The number of fused-ring (bicyclic) bond motifs is 3. The third-order valence-electron chi connectivity index (χ3n) is 3.42. The fourth-order valence-corrected chi connectivity index (χ4v) is 2.65. The van der Waals surface area contributed by atoms with Gasteiger partial charge in [-0.05, 0) is 18.8 Å². The van der Waals surface area contributed by atoms with Gasteiger partial charge in [-0.25, -0.2) is 0 Å². The van der Waals surface area contributed by atoms with Crippen molar-refractivity contribution in [3.8, 4) is 0 Å². The van der Waals surface area contributed by atoms with E-state index in [-0.39, 0.29) is 35.0 Å². The predicted octanol–water partition coefficient (Wildman–Crippen LogP) is 2.03. The number of carbonyl (C=O) groups is 1. The fraction of sp³-hybridized carbons (Fsp3) is 0.583. The molecule has 108 valence electrons. The highest BCUT2D eigenvalue weighted by Gasteiger charge is 2.58. The van der Waals surface area contributed by atoms with Crippen LogP contribution in [0.2, 0.25) is 0 Å². The topological polar surface area (TPSA) is 69.0 Å². The van der Waals surface area contributed by atoms with Gasteiger partial charge in [0.05, 0.1) is 0 Å². The first-order valence-corrected chi connectivity index (χ1v) is 6.08. The summed E-state index contributed by atoms with van der Waals surface area (Å²) in [6.07, 6.45) is -2.98. The lowest BCUT2D eigenvalue weighted by Crippen LogP contribution is -2.12. The van der Waals surface area contributed by atoms with Crippen molar-refractivity contribution >= 4 is 11.9 Å². The van der Waals surface area contributed by atoms with Crippen LogP contribution in [0.3, 0.4) is 0 Å². The minimum absolute atomic E-state index is 0.151. The number of ketones is 1. The number of aromatic nitrogens is 2. The molecule has 0 bridgehead atoms. The Balaban J connectivity index is 0.000000452.